The van der Waals surface area contributed by atoms with Gasteiger partial charge in [-0.1, -0.05) is 28.9 Å². The fourth-order valence-electron chi connectivity index (χ4n) is 4.58. The lowest BCUT2D eigenvalue weighted by Crippen LogP contribution is -2.45. The molecule has 0 spiro atoms. The van der Waals surface area contributed by atoms with E-state index in [4.69, 9.17) is 9.15 Å². The molecular formula is C27H30BrN3O3. The molecule has 34 heavy (non-hydrogen) atoms. The number of hydrazone groups is 1. The summed E-state index contributed by atoms with van der Waals surface area (Å²) in [6.07, 6.45) is 5.08. The molecule has 2 heterocycles. The van der Waals surface area contributed by atoms with Gasteiger partial charge in [-0.3, -0.25) is 4.79 Å². The van der Waals surface area contributed by atoms with Crippen molar-refractivity contribution in [1.29, 1.82) is 0 Å². The van der Waals surface area contributed by atoms with Crippen LogP contribution in [0.3, 0.4) is 0 Å². The molecule has 6 nitrogen and oxygen atoms in total. The zero-order chi connectivity index (χ0) is 24.6. The van der Waals surface area contributed by atoms with Gasteiger partial charge in [-0.05, 0) is 81.1 Å². The summed E-state index contributed by atoms with van der Waals surface area (Å²) in [5, 5.41) is 4.98. The Balaban J connectivity index is 1.58. The van der Waals surface area contributed by atoms with Gasteiger partial charge >= 0.3 is 5.91 Å². The first-order chi connectivity index (χ1) is 16.1. The number of methoxy groups -OCH3 is 1. The van der Waals surface area contributed by atoms with E-state index in [1.54, 1.807) is 25.5 Å². The standard InChI is InChI=1S/C27H30BrN3O3/c1-7-8-31-22-9-16(2)19(11-21(22)17(3)14-27(31,4)5)15-29-30-26(32)24-12-18-10-20(28)13-23(33-6)25(18)34-24/h9-15H,7-8H2,1-6H3,(H,30,32)/b29-15-. The molecule has 7 heteroatoms. The van der Waals surface area contributed by atoms with Gasteiger partial charge < -0.3 is 14.1 Å². The first-order valence-corrected chi connectivity index (χ1v) is 12.2. The third-order valence-electron chi connectivity index (χ3n) is 6.17. The number of allylic oxidation sites excluding steroid dienone is 1. The fraction of sp³-hybridized carbons (Fsp3) is 0.333. The van der Waals surface area contributed by atoms with E-state index in [1.807, 2.05) is 6.07 Å². The highest BCUT2D eigenvalue weighted by Gasteiger charge is 2.31. The largest absolute Gasteiger partial charge is 0.493 e. The number of carbonyl (C=O) groups is 1. The van der Waals surface area contributed by atoms with Gasteiger partial charge in [0, 0.05) is 27.7 Å². The van der Waals surface area contributed by atoms with Crippen molar-refractivity contribution in [2.75, 3.05) is 18.6 Å². The minimum absolute atomic E-state index is 0.0338. The summed E-state index contributed by atoms with van der Waals surface area (Å²) >= 11 is 3.44. The van der Waals surface area contributed by atoms with E-state index in [9.17, 15) is 4.79 Å². The van der Waals surface area contributed by atoms with Crippen LogP contribution in [0.25, 0.3) is 16.5 Å². The van der Waals surface area contributed by atoms with Crippen molar-refractivity contribution >= 4 is 50.3 Å². The number of nitrogens with zero attached hydrogens (tertiary/aromatic N) is 2. The van der Waals surface area contributed by atoms with Crippen LogP contribution in [0.4, 0.5) is 5.69 Å². The van der Waals surface area contributed by atoms with Gasteiger partial charge in [0.15, 0.2) is 17.1 Å². The van der Waals surface area contributed by atoms with Gasteiger partial charge in [0.1, 0.15) is 0 Å². The molecule has 0 unspecified atom stereocenters. The van der Waals surface area contributed by atoms with Crippen LogP contribution >= 0.6 is 15.9 Å². The molecule has 1 aliphatic heterocycles. The highest BCUT2D eigenvalue weighted by Crippen LogP contribution is 2.40. The zero-order valence-electron chi connectivity index (χ0n) is 20.5. The second-order valence-electron chi connectivity index (χ2n) is 9.19. The van der Waals surface area contributed by atoms with Crippen LogP contribution in [0.2, 0.25) is 0 Å². The third kappa shape index (κ3) is 4.49. The van der Waals surface area contributed by atoms with Crippen molar-refractivity contribution < 1.29 is 13.9 Å². The Morgan fingerprint density at radius 2 is 2.00 bits per heavy atom. The minimum Gasteiger partial charge on any atom is -0.493 e. The van der Waals surface area contributed by atoms with E-state index in [0.29, 0.717) is 11.3 Å². The number of halogens is 1. The lowest BCUT2D eigenvalue weighted by Gasteiger charge is -2.43. The summed E-state index contributed by atoms with van der Waals surface area (Å²) < 4.78 is 11.9. The number of anilines is 1. The van der Waals surface area contributed by atoms with E-state index in [0.717, 1.165) is 34.0 Å². The zero-order valence-corrected chi connectivity index (χ0v) is 22.0. The van der Waals surface area contributed by atoms with Crippen LogP contribution in [-0.2, 0) is 0 Å². The van der Waals surface area contributed by atoms with E-state index in [-0.39, 0.29) is 11.3 Å². The molecule has 1 aliphatic rings. The van der Waals surface area contributed by atoms with Crippen molar-refractivity contribution in [2.24, 2.45) is 5.10 Å². The molecule has 0 fully saturated rings. The van der Waals surface area contributed by atoms with E-state index in [1.165, 1.54) is 16.8 Å². The molecule has 2 aromatic carbocycles. The number of ether oxygens (including phenoxy) is 1. The normalized spacial score (nSPS) is 14.9. The molecular weight excluding hydrogens is 494 g/mol. The molecule has 1 amide bonds. The lowest BCUT2D eigenvalue weighted by molar-refractivity contribution is 0.0929. The van der Waals surface area contributed by atoms with Crippen LogP contribution in [0.5, 0.6) is 5.75 Å². The smallest absolute Gasteiger partial charge is 0.307 e. The monoisotopic (exact) mass is 523 g/mol. The van der Waals surface area contributed by atoms with E-state index < -0.39 is 5.91 Å². The summed E-state index contributed by atoms with van der Waals surface area (Å²) in [6, 6.07) is 9.71. The second kappa shape index (κ2) is 9.29. The molecule has 1 N–H and O–H groups in total. The summed E-state index contributed by atoms with van der Waals surface area (Å²) in [4.78, 5) is 15.1. The van der Waals surface area contributed by atoms with Gasteiger partial charge in [-0.2, -0.15) is 5.10 Å². The van der Waals surface area contributed by atoms with Crippen molar-refractivity contribution in [3.8, 4) is 5.75 Å². The number of hydrogen-bond acceptors (Lipinski definition) is 5. The Morgan fingerprint density at radius 3 is 2.71 bits per heavy atom. The van der Waals surface area contributed by atoms with Crippen LogP contribution < -0.4 is 15.1 Å². The maximum absolute atomic E-state index is 12.7. The average molecular weight is 524 g/mol. The second-order valence-corrected chi connectivity index (χ2v) is 10.1. The van der Waals surface area contributed by atoms with Crippen LogP contribution in [0.15, 0.2) is 50.4 Å². The van der Waals surface area contributed by atoms with E-state index in [2.05, 4.69) is 84.2 Å². The number of nitrogens with one attached hydrogen (secondary N) is 1. The van der Waals surface area contributed by atoms with Crippen molar-refractivity contribution in [3.05, 3.63) is 63.3 Å². The highest BCUT2D eigenvalue weighted by atomic mass is 79.9. The topological polar surface area (TPSA) is 67.1 Å². The van der Waals surface area contributed by atoms with Gasteiger partial charge in [0.25, 0.3) is 0 Å². The van der Waals surface area contributed by atoms with Gasteiger partial charge in [-0.25, -0.2) is 5.43 Å². The number of furan rings is 1. The van der Waals surface area contributed by atoms with Crippen molar-refractivity contribution in [3.63, 3.8) is 0 Å². The summed E-state index contributed by atoms with van der Waals surface area (Å²) in [7, 11) is 1.56. The number of amides is 1. The molecule has 178 valence electrons. The Bertz CT molecular complexity index is 1320. The fourth-order valence-corrected chi connectivity index (χ4v) is 5.04. The molecule has 3 aromatic rings. The Hall–Kier alpha value is -3.06. The first kappa shape index (κ1) is 24.1. The molecule has 1 aromatic heterocycles. The molecule has 0 bridgehead atoms. The summed E-state index contributed by atoms with van der Waals surface area (Å²) in [5.41, 5.74) is 8.81. The quantitative estimate of drug-likeness (QED) is 0.288. The van der Waals surface area contributed by atoms with E-state index >= 15 is 0 Å². The summed E-state index contributed by atoms with van der Waals surface area (Å²) in [5.74, 6) is 0.301. The van der Waals surface area contributed by atoms with Crippen LogP contribution in [0, 0.1) is 6.92 Å². The number of rotatable bonds is 6. The average Bonchev–Trinajstić information content (AvgIpc) is 3.20. The molecule has 0 aliphatic carbocycles. The highest BCUT2D eigenvalue weighted by molar-refractivity contribution is 9.10. The molecule has 0 atom stereocenters. The Kier molecular flexibility index (Phi) is 6.58. The van der Waals surface area contributed by atoms with Crippen LogP contribution in [0.1, 0.15) is 61.4 Å². The first-order valence-electron chi connectivity index (χ1n) is 11.4. The molecule has 0 saturated heterocycles. The number of aryl methyl sites for hydroxylation is 1. The van der Waals surface area contributed by atoms with Crippen molar-refractivity contribution in [1.82, 2.24) is 5.43 Å². The maximum atomic E-state index is 12.7. The lowest BCUT2D eigenvalue weighted by atomic mass is 9.87. The van der Waals surface area contributed by atoms with Crippen molar-refractivity contribution in [2.45, 2.75) is 46.6 Å². The number of benzene rings is 2. The van der Waals surface area contributed by atoms with Gasteiger partial charge in [0.05, 0.1) is 18.9 Å². The number of carbonyl (C=O) groups excluding carboxylic acids is 1. The predicted octanol–water partition coefficient (Wildman–Crippen LogP) is 6.69. The number of fused-ring (bicyclic) bond motifs is 2. The minimum atomic E-state index is -0.423. The van der Waals surface area contributed by atoms with Crippen LogP contribution in [-0.4, -0.2) is 31.3 Å². The Labute approximate surface area is 208 Å². The molecule has 4 rings (SSSR count). The van der Waals surface area contributed by atoms with Gasteiger partial charge in [-0.15, -0.1) is 0 Å². The summed E-state index contributed by atoms with van der Waals surface area (Å²) in [6.45, 7) is 11.9. The SMILES string of the molecule is CCCN1c2cc(C)c(/C=N\NC(=O)c3cc4cc(Br)cc(OC)c4o3)cc2C(C)=CC1(C)C. The third-order valence-corrected chi connectivity index (χ3v) is 6.63. The molecule has 0 saturated carbocycles. The predicted molar refractivity (Wildman–Crippen MR) is 142 cm³/mol. The van der Waals surface area contributed by atoms with Gasteiger partial charge in [0.2, 0.25) is 0 Å². The Morgan fingerprint density at radius 1 is 1.24 bits per heavy atom. The maximum Gasteiger partial charge on any atom is 0.307 e. The molecule has 0 radical (unpaired) electrons. The number of hydrogen-bond donors (Lipinski definition) is 1.